The minimum atomic E-state index is -2.43. The summed E-state index contributed by atoms with van der Waals surface area (Å²) in [7, 11) is -2.43. The van der Waals surface area contributed by atoms with Crippen LogP contribution in [0.3, 0.4) is 0 Å². The first kappa shape index (κ1) is 16.6. The minimum absolute atomic E-state index is 0.131. The summed E-state index contributed by atoms with van der Waals surface area (Å²) in [4.78, 5) is 0. The topological polar surface area (TPSA) is 17.1 Å². The fourth-order valence-corrected chi connectivity index (χ4v) is 7.91. The number of hydrogen-bond acceptors (Lipinski definition) is 1. The van der Waals surface area contributed by atoms with Gasteiger partial charge in [-0.25, -0.2) is 0 Å². The summed E-state index contributed by atoms with van der Waals surface area (Å²) in [5, 5.41) is 1.24. The van der Waals surface area contributed by atoms with Crippen LogP contribution in [-0.2, 0) is 4.57 Å². The third-order valence-electron chi connectivity index (χ3n) is 5.13. The molecule has 0 radical (unpaired) electrons. The molecule has 2 aliphatic heterocycles. The van der Waals surface area contributed by atoms with Crippen LogP contribution < -0.4 is 0 Å². The monoisotopic (exact) mass is 304 g/mol. The molecule has 0 spiro atoms. The standard InChI is InChI=1S/C19H29OP/c1-7-15-16(8-2)18(10-4)21(20)12-14(6)13(5)11-19(21)17(15)9-3/h11-12,19H,7-10H2,1-6H3/t19-,21?/m1/s1. The number of allylic oxidation sites excluding steroid dienone is 7. The highest BCUT2D eigenvalue weighted by molar-refractivity contribution is 7.72. The first-order valence-electron chi connectivity index (χ1n) is 8.36. The Labute approximate surface area is 130 Å². The van der Waals surface area contributed by atoms with Crippen LogP contribution in [0.4, 0.5) is 0 Å². The van der Waals surface area contributed by atoms with E-state index < -0.39 is 7.14 Å². The molecule has 2 atom stereocenters. The Morgan fingerprint density at radius 1 is 0.905 bits per heavy atom. The zero-order valence-corrected chi connectivity index (χ0v) is 15.3. The van der Waals surface area contributed by atoms with E-state index in [0.717, 1.165) is 25.7 Å². The smallest absolute Gasteiger partial charge is 0.143 e. The summed E-state index contributed by atoms with van der Waals surface area (Å²) in [6, 6.07) is 0. The van der Waals surface area contributed by atoms with E-state index in [1.807, 2.05) is 0 Å². The molecule has 1 nitrogen and oxygen atoms in total. The zero-order chi connectivity index (χ0) is 15.8. The second kappa shape index (κ2) is 6.13. The Bertz CT molecular complexity index is 613. The molecule has 1 unspecified atom stereocenters. The van der Waals surface area contributed by atoms with Crippen molar-refractivity contribution in [3.63, 3.8) is 0 Å². The average molecular weight is 304 g/mol. The van der Waals surface area contributed by atoms with Crippen molar-refractivity contribution in [1.29, 1.82) is 0 Å². The molecule has 0 saturated heterocycles. The van der Waals surface area contributed by atoms with Gasteiger partial charge >= 0.3 is 0 Å². The first-order valence-corrected chi connectivity index (χ1v) is 10.2. The summed E-state index contributed by atoms with van der Waals surface area (Å²) in [5.74, 6) is 2.11. The van der Waals surface area contributed by atoms with Gasteiger partial charge in [0.1, 0.15) is 7.14 Å². The van der Waals surface area contributed by atoms with Crippen molar-refractivity contribution in [2.24, 2.45) is 0 Å². The molecule has 0 aliphatic carbocycles. The van der Waals surface area contributed by atoms with Crippen LogP contribution in [0.15, 0.2) is 45.1 Å². The fourth-order valence-electron chi connectivity index (χ4n) is 4.03. The van der Waals surface area contributed by atoms with Gasteiger partial charge in [-0.15, -0.1) is 0 Å². The summed E-state index contributed by atoms with van der Waals surface area (Å²) in [6.07, 6.45) is 6.26. The molecular formula is C19H29OP. The van der Waals surface area contributed by atoms with Crippen molar-refractivity contribution in [2.45, 2.75) is 72.9 Å². The van der Waals surface area contributed by atoms with Crippen LogP contribution in [0, 0.1) is 0 Å². The second-order valence-electron chi connectivity index (χ2n) is 6.16. The highest BCUT2D eigenvalue weighted by Gasteiger charge is 2.42. The Morgan fingerprint density at radius 3 is 2.00 bits per heavy atom. The molecule has 0 fully saturated rings. The molecule has 2 heteroatoms. The predicted octanol–water partition coefficient (Wildman–Crippen LogP) is 6.79. The van der Waals surface area contributed by atoms with Crippen LogP contribution >= 0.6 is 7.14 Å². The van der Waals surface area contributed by atoms with Crippen molar-refractivity contribution in [1.82, 2.24) is 0 Å². The molecule has 2 rings (SSSR count). The molecule has 0 N–H and O–H groups in total. The van der Waals surface area contributed by atoms with Gasteiger partial charge in [0.15, 0.2) is 0 Å². The molecule has 0 amide bonds. The van der Waals surface area contributed by atoms with Gasteiger partial charge in [0.25, 0.3) is 0 Å². The van der Waals surface area contributed by atoms with Gasteiger partial charge in [-0.05, 0) is 67.4 Å². The van der Waals surface area contributed by atoms with Gasteiger partial charge < -0.3 is 4.57 Å². The quantitative estimate of drug-likeness (QED) is 0.523. The maximum absolute atomic E-state index is 13.9. The lowest BCUT2D eigenvalue weighted by atomic mass is 9.90. The minimum Gasteiger partial charge on any atom is -0.314 e. The molecule has 21 heavy (non-hydrogen) atoms. The van der Waals surface area contributed by atoms with E-state index >= 15 is 0 Å². The maximum atomic E-state index is 13.9. The van der Waals surface area contributed by atoms with Gasteiger partial charge in [0.2, 0.25) is 0 Å². The van der Waals surface area contributed by atoms with Gasteiger partial charge in [-0.2, -0.15) is 0 Å². The largest absolute Gasteiger partial charge is 0.314 e. The SMILES string of the molecule is CCC1=C(CC)[C@H]2C=C(C)C(C)=CP2(=O)C(CC)=C1CC. The maximum Gasteiger partial charge on any atom is 0.143 e. The Kier molecular flexibility index (Phi) is 4.83. The normalized spacial score (nSPS) is 29.3. The third-order valence-corrected chi connectivity index (χ3v) is 8.62. The zero-order valence-electron chi connectivity index (χ0n) is 14.4. The summed E-state index contributed by atoms with van der Waals surface area (Å²) >= 11 is 0. The van der Waals surface area contributed by atoms with Gasteiger partial charge in [0, 0.05) is 0 Å². The number of fused-ring (bicyclic) bond motifs is 1. The van der Waals surface area contributed by atoms with Crippen LogP contribution in [0.2, 0.25) is 0 Å². The lowest BCUT2D eigenvalue weighted by Gasteiger charge is -2.39. The van der Waals surface area contributed by atoms with Crippen molar-refractivity contribution >= 4 is 7.14 Å². The molecule has 2 heterocycles. The Morgan fingerprint density at radius 2 is 1.52 bits per heavy atom. The Hall–Kier alpha value is -0.810. The van der Waals surface area contributed by atoms with E-state index in [1.54, 1.807) is 0 Å². The van der Waals surface area contributed by atoms with Crippen LogP contribution in [0.25, 0.3) is 0 Å². The molecule has 0 aromatic carbocycles. The van der Waals surface area contributed by atoms with Crippen LogP contribution in [0.5, 0.6) is 0 Å². The molecule has 116 valence electrons. The van der Waals surface area contributed by atoms with E-state index in [1.165, 1.54) is 33.2 Å². The molecular weight excluding hydrogens is 275 g/mol. The molecule has 0 aromatic rings. The molecule has 0 bridgehead atoms. The fraction of sp³-hybridized carbons (Fsp3) is 0.579. The summed E-state index contributed by atoms with van der Waals surface area (Å²) in [5.41, 5.74) is 6.94. The molecule has 0 aromatic heterocycles. The van der Waals surface area contributed by atoms with Crippen molar-refractivity contribution in [3.05, 3.63) is 45.1 Å². The van der Waals surface area contributed by atoms with Crippen LogP contribution in [-0.4, -0.2) is 5.66 Å². The first-order chi connectivity index (χ1) is 9.94. The molecule has 2 aliphatic rings. The predicted molar refractivity (Wildman–Crippen MR) is 94.1 cm³/mol. The number of rotatable bonds is 4. The highest BCUT2D eigenvalue weighted by atomic mass is 31.2. The van der Waals surface area contributed by atoms with E-state index in [0.29, 0.717) is 0 Å². The third kappa shape index (κ3) is 2.44. The van der Waals surface area contributed by atoms with Crippen molar-refractivity contribution < 1.29 is 4.57 Å². The highest BCUT2D eigenvalue weighted by Crippen LogP contribution is 2.70. The van der Waals surface area contributed by atoms with Crippen molar-refractivity contribution in [3.8, 4) is 0 Å². The van der Waals surface area contributed by atoms with E-state index in [4.69, 9.17) is 0 Å². The lowest BCUT2D eigenvalue weighted by molar-refractivity contribution is 0.578. The second-order valence-corrected chi connectivity index (χ2v) is 8.93. The van der Waals surface area contributed by atoms with Gasteiger partial charge in [-0.1, -0.05) is 44.9 Å². The molecule has 0 saturated carbocycles. The van der Waals surface area contributed by atoms with Crippen molar-refractivity contribution in [2.75, 3.05) is 0 Å². The average Bonchev–Trinajstić information content (AvgIpc) is 2.46. The summed E-state index contributed by atoms with van der Waals surface area (Å²) in [6.45, 7) is 13.1. The summed E-state index contributed by atoms with van der Waals surface area (Å²) < 4.78 is 13.9. The van der Waals surface area contributed by atoms with Gasteiger partial charge in [0.05, 0.1) is 5.66 Å². The van der Waals surface area contributed by atoms with Crippen LogP contribution in [0.1, 0.15) is 67.2 Å². The lowest BCUT2D eigenvalue weighted by Crippen LogP contribution is -2.21. The van der Waals surface area contributed by atoms with E-state index in [2.05, 4.69) is 53.4 Å². The van der Waals surface area contributed by atoms with E-state index in [-0.39, 0.29) is 5.66 Å². The van der Waals surface area contributed by atoms with E-state index in [9.17, 15) is 4.57 Å². The Balaban J connectivity index is 2.80. The van der Waals surface area contributed by atoms with Gasteiger partial charge in [-0.3, -0.25) is 0 Å². The number of hydrogen-bond donors (Lipinski definition) is 0.